The number of amides is 1. The number of hydrogen-bond acceptors (Lipinski definition) is 3. The topological polar surface area (TPSA) is 50.4 Å². The molecule has 0 bridgehead atoms. The Hall–Kier alpha value is -0.610. The van der Waals surface area contributed by atoms with E-state index in [4.69, 9.17) is 4.74 Å². The molecule has 1 saturated heterocycles. The largest absolute Gasteiger partial charge is 0.375 e. The Morgan fingerprint density at radius 2 is 2.05 bits per heavy atom. The summed E-state index contributed by atoms with van der Waals surface area (Å²) in [4.78, 5) is 11.9. The Morgan fingerprint density at radius 1 is 1.35 bits per heavy atom. The summed E-state index contributed by atoms with van der Waals surface area (Å²) in [7, 11) is 0. The van der Waals surface area contributed by atoms with Crippen LogP contribution in [0.2, 0.25) is 0 Å². The summed E-state index contributed by atoms with van der Waals surface area (Å²) in [5, 5.41) is 6.44. The maximum Gasteiger partial charge on any atom is 0.234 e. The molecular formula is C16H32N2O2. The maximum atomic E-state index is 11.9. The lowest BCUT2D eigenvalue weighted by Gasteiger charge is -2.40. The van der Waals surface area contributed by atoms with Gasteiger partial charge in [0.25, 0.3) is 0 Å². The molecule has 2 atom stereocenters. The van der Waals surface area contributed by atoms with Gasteiger partial charge in [-0.05, 0) is 39.0 Å². The van der Waals surface area contributed by atoms with E-state index in [0.717, 1.165) is 45.1 Å². The van der Waals surface area contributed by atoms with Crippen molar-refractivity contribution < 1.29 is 9.53 Å². The van der Waals surface area contributed by atoms with Crippen molar-refractivity contribution in [1.82, 2.24) is 10.6 Å². The molecule has 4 nitrogen and oxygen atoms in total. The van der Waals surface area contributed by atoms with Crippen molar-refractivity contribution in [2.75, 3.05) is 13.2 Å². The number of ether oxygens (including phenoxy) is 1. The van der Waals surface area contributed by atoms with Gasteiger partial charge < -0.3 is 15.4 Å². The van der Waals surface area contributed by atoms with Crippen molar-refractivity contribution in [3.8, 4) is 0 Å². The molecule has 4 heteroatoms. The second-order valence-electron chi connectivity index (χ2n) is 6.07. The fourth-order valence-corrected chi connectivity index (χ4v) is 3.01. The van der Waals surface area contributed by atoms with Crippen LogP contribution in [0.1, 0.15) is 66.2 Å². The number of rotatable bonds is 8. The van der Waals surface area contributed by atoms with Gasteiger partial charge in [-0.2, -0.15) is 0 Å². The third-order valence-corrected chi connectivity index (χ3v) is 4.46. The van der Waals surface area contributed by atoms with E-state index >= 15 is 0 Å². The van der Waals surface area contributed by atoms with Gasteiger partial charge in [-0.1, -0.05) is 27.2 Å². The van der Waals surface area contributed by atoms with Gasteiger partial charge in [0.2, 0.25) is 5.91 Å². The van der Waals surface area contributed by atoms with Crippen LogP contribution < -0.4 is 10.6 Å². The molecule has 2 unspecified atom stereocenters. The second kappa shape index (κ2) is 8.63. The summed E-state index contributed by atoms with van der Waals surface area (Å²) in [6.07, 6.45) is 6.24. The van der Waals surface area contributed by atoms with E-state index in [0.29, 0.717) is 12.6 Å². The SMILES string of the molecule is CCCC(C)NC(=O)CNC1CCOC(CC)(CC)C1. The zero-order valence-electron chi connectivity index (χ0n) is 13.6. The van der Waals surface area contributed by atoms with Crippen LogP contribution in [0.4, 0.5) is 0 Å². The van der Waals surface area contributed by atoms with E-state index in [9.17, 15) is 4.79 Å². The predicted octanol–water partition coefficient (Wildman–Crippen LogP) is 2.62. The summed E-state index contributed by atoms with van der Waals surface area (Å²) < 4.78 is 5.96. The van der Waals surface area contributed by atoms with Gasteiger partial charge in [0.1, 0.15) is 0 Å². The average molecular weight is 284 g/mol. The lowest BCUT2D eigenvalue weighted by atomic mass is 9.86. The quantitative estimate of drug-likeness (QED) is 0.720. The Labute approximate surface area is 124 Å². The summed E-state index contributed by atoms with van der Waals surface area (Å²) in [6, 6.07) is 0.672. The lowest BCUT2D eigenvalue weighted by Crippen LogP contribution is -2.49. The first-order chi connectivity index (χ1) is 9.55. The molecule has 0 aromatic heterocycles. The molecule has 0 saturated carbocycles. The van der Waals surface area contributed by atoms with Crippen molar-refractivity contribution in [2.24, 2.45) is 0 Å². The molecule has 0 spiro atoms. The standard InChI is InChI=1S/C16H32N2O2/c1-5-8-13(4)18-15(19)12-17-14-9-10-20-16(6-2,7-3)11-14/h13-14,17H,5-12H2,1-4H3,(H,18,19). The Balaban J connectivity index is 2.32. The van der Waals surface area contributed by atoms with Gasteiger partial charge in [-0.3, -0.25) is 4.79 Å². The third kappa shape index (κ3) is 5.41. The van der Waals surface area contributed by atoms with E-state index in [1.807, 2.05) is 0 Å². The van der Waals surface area contributed by atoms with E-state index in [-0.39, 0.29) is 17.6 Å². The highest BCUT2D eigenvalue weighted by molar-refractivity contribution is 5.78. The second-order valence-corrected chi connectivity index (χ2v) is 6.07. The highest BCUT2D eigenvalue weighted by Gasteiger charge is 2.34. The average Bonchev–Trinajstić information content (AvgIpc) is 2.45. The summed E-state index contributed by atoms with van der Waals surface area (Å²) in [5.41, 5.74) is 0.0158. The summed E-state index contributed by atoms with van der Waals surface area (Å²) in [5.74, 6) is 0.107. The summed E-state index contributed by atoms with van der Waals surface area (Å²) in [6.45, 7) is 9.79. The number of carbonyl (C=O) groups is 1. The number of hydrogen-bond donors (Lipinski definition) is 2. The van der Waals surface area contributed by atoms with Crippen molar-refractivity contribution in [2.45, 2.75) is 83.9 Å². The molecule has 20 heavy (non-hydrogen) atoms. The molecule has 1 heterocycles. The summed E-state index contributed by atoms with van der Waals surface area (Å²) >= 11 is 0. The molecular weight excluding hydrogens is 252 g/mol. The van der Waals surface area contributed by atoms with Crippen LogP contribution >= 0.6 is 0 Å². The fourth-order valence-electron chi connectivity index (χ4n) is 3.01. The normalized spacial score (nSPS) is 23.3. The minimum absolute atomic E-state index is 0.0158. The van der Waals surface area contributed by atoms with Crippen LogP contribution in [0.25, 0.3) is 0 Å². The van der Waals surface area contributed by atoms with Crippen LogP contribution in [0.15, 0.2) is 0 Å². The molecule has 2 N–H and O–H groups in total. The van der Waals surface area contributed by atoms with Gasteiger partial charge in [-0.15, -0.1) is 0 Å². The highest BCUT2D eigenvalue weighted by Crippen LogP contribution is 2.31. The molecule has 1 rings (SSSR count). The van der Waals surface area contributed by atoms with Crippen molar-refractivity contribution >= 4 is 5.91 Å². The molecule has 0 radical (unpaired) electrons. The molecule has 0 aliphatic carbocycles. The molecule has 1 amide bonds. The zero-order chi connectivity index (χ0) is 15.0. The smallest absolute Gasteiger partial charge is 0.234 e. The minimum Gasteiger partial charge on any atom is -0.375 e. The Bertz CT molecular complexity index is 290. The fraction of sp³-hybridized carbons (Fsp3) is 0.938. The van der Waals surface area contributed by atoms with Crippen LogP contribution in [0, 0.1) is 0 Å². The van der Waals surface area contributed by atoms with E-state index < -0.39 is 0 Å². The molecule has 1 fully saturated rings. The van der Waals surface area contributed by atoms with Gasteiger partial charge in [0.05, 0.1) is 12.1 Å². The maximum absolute atomic E-state index is 11.9. The lowest BCUT2D eigenvalue weighted by molar-refractivity contribution is -0.122. The van der Waals surface area contributed by atoms with Crippen LogP contribution in [0.5, 0.6) is 0 Å². The van der Waals surface area contributed by atoms with Gasteiger partial charge >= 0.3 is 0 Å². The predicted molar refractivity (Wildman–Crippen MR) is 82.8 cm³/mol. The molecule has 0 aromatic rings. The van der Waals surface area contributed by atoms with Crippen molar-refractivity contribution in [1.29, 1.82) is 0 Å². The Kier molecular flexibility index (Phi) is 7.52. The van der Waals surface area contributed by atoms with Crippen LogP contribution in [-0.2, 0) is 9.53 Å². The molecule has 0 aromatic carbocycles. The van der Waals surface area contributed by atoms with Gasteiger partial charge in [0.15, 0.2) is 0 Å². The van der Waals surface area contributed by atoms with Crippen molar-refractivity contribution in [3.05, 3.63) is 0 Å². The third-order valence-electron chi connectivity index (χ3n) is 4.46. The first kappa shape index (κ1) is 17.4. The first-order valence-electron chi connectivity index (χ1n) is 8.22. The zero-order valence-corrected chi connectivity index (χ0v) is 13.6. The number of nitrogens with one attached hydrogen (secondary N) is 2. The molecule has 118 valence electrons. The van der Waals surface area contributed by atoms with E-state index in [1.165, 1.54) is 0 Å². The van der Waals surface area contributed by atoms with E-state index in [1.54, 1.807) is 0 Å². The van der Waals surface area contributed by atoms with Crippen LogP contribution in [0.3, 0.4) is 0 Å². The minimum atomic E-state index is 0.0158. The van der Waals surface area contributed by atoms with Crippen LogP contribution in [-0.4, -0.2) is 36.7 Å². The van der Waals surface area contributed by atoms with Gasteiger partial charge in [0, 0.05) is 18.7 Å². The monoisotopic (exact) mass is 284 g/mol. The first-order valence-corrected chi connectivity index (χ1v) is 8.22. The molecule has 1 aliphatic heterocycles. The number of carbonyl (C=O) groups excluding carboxylic acids is 1. The Morgan fingerprint density at radius 3 is 2.65 bits per heavy atom. The van der Waals surface area contributed by atoms with Crippen molar-refractivity contribution in [3.63, 3.8) is 0 Å². The highest BCUT2D eigenvalue weighted by atomic mass is 16.5. The van der Waals surface area contributed by atoms with E-state index in [2.05, 4.69) is 38.3 Å². The van der Waals surface area contributed by atoms with Gasteiger partial charge in [-0.25, -0.2) is 0 Å². The molecule has 1 aliphatic rings.